The van der Waals surface area contributed by atoms with E-state index in [9.17, 15) is 14.4 Å². The third-order valence-electron chi connectivity index (χ3n) is 4.34. The molecule has 2 aromatic carbocycles. The van der Waals surface area contributed by atoms with Crippen LogP contribution in [0.5, 0.6) is 0 Å². The summed E-state index contributed by atoms with van der Waals surface area (Å²) in [6.07, 6.45) is 0. The van der Waals surface area contributed by atoms with Gasteiger partial charge in [0, 0.05) is 12.6 Å². The molecule has 0 fully saturated rings. The average Bonchev–Trinajstić information content (AvgIpc) is 2.91. The number of carbonyl (C=O) groups excluding carboxylic acids is 2. The maximum absolute atomic E-state index is 12.9. The fraction of sp³-hybridized carbons (Fsp3) is 0.150. The van der Waals surface area contributed by atoms with Crippen LogP contribution in [0.3, 0.4) is 0 Å². The first-order valence-electron chi connectivity index (χ1n) is 8.27. The van der Waals surface area contributed by atoms with Gasteiger partial charge >= 0.3 is 5.97 Å². The van der Waals surface area contributed by atoms with Gasteiger partial charge in [0.15, 0.2) is 0 Å². The van der Waals surface area contributed by atoms with Gasteiger partial charge in [-0.2, -0.15) is 0 Å². The van der Waals surface area contributed by atoms with E-state index in [1.807, 2.05) is 30.3 Å². The third kappa shape index (κ3) is 3.39. The van der Waals surface area contributed by atoms with E-state index in [1.54, 1.807) is 36.9 Å². The largest absolute Gasteiger partial charge is 0.465 e. The zero-order valence-corrected chi connectivity index (χ0v) is 15.2. The minimum atomic E-state index is -0.535. The van der Waals surface area contributed by atoms with E-state index in [1.165, 1.54) is 17.9 Å². The number of carbonyl (C=O) groups is 2. The summed E-state index contributed by atoms with van der Waals surface area (Å²) in [5.41, 5.74) is 1.68. The number of hydrogen-bond donors (Lipinski definition) is 1. The van der Waals surface area contributed by atoms with Crippen molar-refractivity contribution in [3.8, 4) is 5.69 Å². The van der Waals surface area contributed by atoms with Crippen molar-refractivity contribution in [2.75, 3.05) is 12.4 Å². The van der Waals surface area contributed by atoms with Crippen LogP contribution in [0.1, 0.15) is 26.4 Å². The molecule has 3 rings (SSSR count). The molecule has 1 amide bonds. The summed E-state index contributed by atoms with van der Waals surface area (Å²) in [5.74, 6) is -1.02. The van der Waals surface area contributed by atoms with Gasteiger partial charge in [-0.3, -0.25) is 14.3 Å². The Morgan fingerprint density at radius 1 is 1.00 bits per heavy atom. The van der Waals surface area contributed by atoms with E-state index >= 15 is 0 Å². The quantitative estimate of drug-likeness (QED) is 0.720. The Hall–Kier alpha value is -3.61. The van der Waals surface area contributed by atoms with E-state index in [0.717, 1.165) is 0 Å². The molecule has 0 aliphatic heterocycles. The first-order chi connectivity index (χ1) is 12.9. The molecule has 0 radical (unpaired) electrons. The number of anilines is 1. The highest BCUT2D eigenvalue weighted by Gasteiger charge is 2.19. The molecule has 0 saturated carbocycles. The number of hydrogen-bond acceptors (Lipinski definition) is 4. The van der Waals surface area contributed by atoms with E-state index in [-0.39, 0.29) is 22.4 Å². The van der Waals surface area contributed by atoms with Gasteiger partial charge in [-0.1, -0.05) is 24.3 Å². The van der Waals surface area contributed by atoms with Gasteiger partial charge in [-0.15, -0.1) is 0 Å². The van der Waals surface area contributed by atoms with Crippen LogP contribution in [-0.2, 0) is 11.8 Å². The van der Waals surface area contributed by atoms with Crippen LogP contribution in [0.15, 0.2) is 59.4 Å². The molecule has 0 unspecified atom stereocenters. The van der Waals surface area contributed by atoms with Crippen LogP contribution >= 0.6 is 0 Å². The Balaban J connectivity index is 1.96. The Morgan fingerprint density at radius 3 is 2.33 bits per heavy atom. The van der Waals surface area contributed by atoms with Crippen molar-refractivity contribution in [3.63, 3.8) is 0 Å². The van der Waals surface area contributed by atoms with Crippen LogP contribution in [0.25, 0.3) is 5.69 Å². The lowest BCUT2D eigenvalue weighted by atomic mass is 10.1. The number of aromatic nitrogens is 2. The molecule has 1 heterocycles. The van der Waals surface area contributed by atoms with Crippen LogP contribution in [0.4, 0.5) is 5.69 Å². The highest BCUT2D eigenvalue weighted by Crippen LogP contribution is 2.15. The van der Waals surface area contributed by atoms with Gasteiger partial charge in [-0.05, 0) is 37.3 Å². The van der Waals surface area contributed by atoms with Crippen LogP contribution < -0.4 is 10.9 Å². The normalized spacial score (nSPS) is 10.5. The van der Waals surface area contributed by atoms with Crippen LogP contribution in [0, 0.1) is 6.92 Å². The van der Waals surface area contributed by atoms with Crippen LogP contribution in [0.2, 0.25) is 0 Å². The molecule has 27 heavy (non-hydrogen) atoms. The van der Waals surface area contributed by atoms with Gasteiger partial charge in [0.2, 0.25) is 0 Å². The number of para-hydroxylation sites is 1. The number of methoxy groups -OCH3 is 1. The lowest BCUT2D eigenvalue weighted by Crippen LogP contribution is -2.23. The lowest BCUT2D eigenvalue weighted by Gasteiger charge is -2.07. The van der Waals surface area contributed by atoms with Gasteiger partial charge in [0.1, 0.15) is 5.69 Å². The topological polar surface area (TPSA) is 82.3 Å². The maximum atomic E-state index is 12.9. The van der Waals surface area contributed by atoms with E-state index in [4.69, 9.17) is 0 Å². The molecule has 138 valence electrons. The van der Waals surface area contributed by atoms with Crippen molar-refractivity contribution in [3.05, 3.63) is 81.8 Å². The number of esters is 1. The van der Waals surface area contributed by atoms with Crippen molar-refractivity contribution < 1.29 is 14.3 Å². The number of nitrogens with zero attached hydrogens (tertiary/aromatic N) is 2. The van der Waals surface area contributed by atoms with Crippen molar-refractivity contribution >= 4 is 17.6 Å². The van der Waals surface area contributed by atoms with Crippen molar-refractivity contribution in [1.29, 1.82) is 0 Å². The summed E-state index contributed by atoms with van der Waals surface area (Å²) >= 11 is 0. The van der Waals surface area contributed by atoms with Crippen molar-refractivity contribution in [1.82, 2.24) is 9.36 Å². The number of benzene rings is 2. The highest BCUT2D eigenvalue weighted by molar-refractivity contribution is 6.05. The Kier molecular flexibility index (Phi) is 4.94. The van der Waals surface area contributed by atoms with Crippen LogP contribution in [-0.4, -0.2) is 28.3 Å². The highest BCUT2D eigenvalue weighted by atomic mass is 16.5. The molecule has 1 aromatic heterocycles. The smallest absolute Gasteiger partial charge is 0.337 e. The summed E-state index contributed by atoms with van der Waals surface area (Å²) in [5, 5.41) is 2.66. The summed E-state index contributed by atoms with van der Waals surface area (Å²) < 4.78 is 7.83. The number of nitrogens with one attached hydrogen (secondary N) is 1. The summed E-state index contributed by atoms with van der Waals surface area (Å²) in [6, 6.07) is 15.3. The fourth-order valence-corrected chi connectivity index (χ4v) is 2.80. The summed E-state index contributed by atoms with van der Waals surface area (Å²) in [7, 11) is 3.02. The predicted octanol–water partition coefficient (Wildman–Crippen LogP) is 2.52. The zero-order chi connectivity index (χ0) is 19.6. The second-order valence-electron chi connectivity index (χ2n) is 5.96. The van der Waals surface area contributed by atoms with Gasteiger partial charge in [-0.25, -0.2) is 9.48 Å². The molecule has 0 saturated heterocycles. The van der Waals surface area contributed by atoms with Gasteiger partial charge in [0.05, 0.1) is 24.1 Å². The molecule has 7 heteroatoms. The van der Waals surface area contributed by atoms with Crippen molar-refractivity contribution in [2.45, 2.75) is 6.92 Å². The number of amides is 1. The summed E-state index contributed by atoms with van der Waals surface area (Å²) in [4.78, 5) is 37.1. The molecular formula is C20H19N3O4. The maximum Gasteiger partial charge on any atom is 0.337 e. The minimum Gasteiger partial charge on any atom is -0.465 e. The monoisotopic (exact) mass is 365 g/mol. The number of ether oxygens (including phenoxy) is 1. The van der Waals surface area contributed by atoms with E-state index in [0.29, 0.717) is 11.4 Å². The molecule has 3 aromatic rings. The second-order valence-corrected chi connectivity index (χ2v) is 5.96. The molecule has 0 aliphatic rings. The molecular weight excluding hydrogens is 346 g/mol. The SMILES string of the molecule is COC(=O)c1cccc(C(=O)Nc2c(C)n(C)n(-c3ccccc3)c2=O)c1. The van der Waals surface area contributed by atoms with Gasteiger partial charge < -0.3 is 10.1 Å². The molecule has 0 bridgehead atoms. The van der Waals surface area contributed by atoms with Gasteiger partial charge in [0.25, 0.3) is 11.5 Å². The third-order valence-corrected chi connectivity index (χ3v) is 4.34. The second kappa shape index (κ2) is 7.33. The molecule has 7 nitrogen and oxygen atoms in total. The Labute approximate surface area is 155 Å². The zero-order valence-electron chi connectivity index (χ0n) is 15.2. The predicted molar refractivity (Wildman–Crippen MR) is 101 cm³/mol. The molecule has 0 atom stereocenters. The standard InChI is InChI=1S/C20H19N3O4/c1-13-17(19(25)23(22(13)2)16-10-5-4-6-11-16)21-18(24)14-8-7-9-15(12-14)20(26)27-3/h4-12H,1-3H3,(H,21,24). The van der Waals surface area contributed by atoms with E-state index in [2.05, 4.69) is 10.1 Å². The molecule has 1 N–H and O–H groups in total. The molecule has 0 spiro atoms. The lowest BCUT2D eigenvalue weighted by molar-refractivity contribution is 0.0600. The first kappa shape index (κ1) is 18.2. The average molecular weight is 365 g/mol. The summed E-state index contributed by atoms with van der Waals surface area (Å²) in [6.45, 7) is 1.75. The first-order valence-corrected chi connectivity index (χ1v) is 8.27. The Morgan fingerprint density at radius 2 is 1.67 bits per heavy atom. The Bertz CT molecular complexity index is 1060. The van der Waals surface area contributed by atoms with Crippen molar-refractivity contribution in [2.24, 2.45) is 7.05 Å². The van der Waals surface area contributed by atoms with E-state index < -0.39 is 11.9 Å². The molecule has 0 aliphatic carbocycles. The fourth-order valence-electron chi connectivity index (χ4n) is 2.80. The minimum absolute atomic E-state index is 0.190. The number of rotatable bonds is 4.